The second kappa shape index (κ2) is 4.81. The number of halogens is 1. The average Bonchev–Trinajstić information content (AvgIpc) is 2.78. The highest BCUT2D eigenvalue weighted by Crippen LogP contribution is 2.36. The number of nitrogens with zero attached hydrogens (tertiary/aromatic N) is 1. The van der Waals surface area contributed by atoms with Crippen molar-refractivity contribution in [3.8, 4) is 0 Å². The Bertz CT molecular complexity index is 632. The summed E-state index contributed by atoms with van der Waals surface area (Å²) in [5.41, 5.74) is 6.26. The number of likely N-dealkylation sites (tertiary alicyclic amines) is 1. The third-order valence-corrected chi connectivity index (χ3v) is 4.70. The minimum absolute atomic E-state index is 0.0576. The lowest BCUT2D eigenvalue weighted by Gasteiger charge is -2.26. The number of piperidine rings is 1. The number of amides is 1. The molecule has 0 atom stereocenters. The molecule has 1 fully saturated rings. The van der Waals surface area contributed by atoms with Crippen LogP contribution in [0.2, 0.25) is 0 Å². The summed E-state index contributed by atoms with van der Waals surface area (Å²) in [6, 6.07) is 4.82. The molecule has 0 spiro atoms. The smallest absolute Gasteiger partial charge is 0.266 e. The maximum atomic E-state index is 13.8. The fraction of sp³-hybridized carbons (Fsp3) is 0.357. The zero-order valence-corrected chi connectivity index (χ0v) is 11.3. The Morgan fingerprint density at radius 1 is 1.26 bits per heavy atom. The summed E-state index contributed by atoms with van der Waals surface area (Å²) in [6.45, 7) is 1.55. The number of benzene rings is 1. The average molecular weight is 278 g/mol. The molecule has 0 aliphatic carbocycles. The largest absolute Gasteiger partial charge is 0.397 e. The van der Waals surface area contributed by atoms with Crippen molar-refractivity contribution in [2.75, 3.05) is 18.8 Å². The van der Waals surface area contributed by atoms with Gasteiger partial charge in [0.1, 0.15) is 10.7 Å². The van der Waals surface area contributed by atoms with Crippen LogP contribution >= 0.6 is 11.3 Å². The van der Waals surface area contributed by atoms with Crippen LogP contribution in [-0.2, 0) is 0 Å². The summed E-state index contributed by atoms with van der Waals surface area (Å²) >= 11 is 1.28. The van der Waals surface area contributed by atoms with Crippen LogP contribution in [0.4, 0.5) is 10.1 Å². The van der Waals surface area contributed by atoms with E-state index in [1.54, 1.807) is 12.1 Å². The van der Waals surface area contributed by atoms with Crippen molar-refractivity contribution in [1.82, 2.24) is 4.90 Å². The third kappa shape index (κ3) is 2.08. The minimum Gasteiger partial charge on any atom is -0.397 e. The molecule has 100 valence electrons. The van der Waals surface area contributed by atoms with Gasteiger partial charge in [0.05, 0.1) is 11.1 Å². The highest BCUT2D eigenvalue weighted by Gasteiger charge is 2.24. The van der Waals surface area contributed by atoms with Gasteiger partial charge in [-0.05, 0) is 31.4 Å². The quantitative estimate of drug-likeness (QED) is 0.870. The van der Waals surface area contributed by atoms with Crippen LogP contribution in [-0.4, -0.2) is 23.9 Å². The molecule has 2 aromatic rings. The van der Waals surface area contributed by atoms with E-state index in [4.69, 9.17) is 5.73 Å². The van der Waals surface area contributed by atoms with Crippen LogP contribution in [0.25, 0.3) is 10.1 Å². The summed E-state index contributed by atoms with van der Waals surface area (Å²) in [7, 11) is 0. The molecular formula is C14H15FN2OS. The van der Waals surface area contributed by atoms with Gasteiger partial charge in [-0.15, -0.1) is 11.3 Å². The van der Waals surface area contributed by atoms with Crippen molar-refractivity contribution < 1.29 is 9.18 Å². The number of fused-ring (bicyclic) bond motifs is 1. The molecule has 0 radical (unpaired) electrons. The number of nitrogens with two attached hydrogens (primary N) is 1. The van der Waals surface area contributed by atoms with Crippen LogP contribution in [0.15, 0.2) is 18.2 Å². The number of hydrogen-bond acceptors (Lipinski definition) is 3. The van der Waals surface area contributed by atoms with Crippen LogP contribution < -0.4 is 5.73 Å². The highest BCUT2D eigenvalue weighted by molar-refractivity contribution is 7.21. The Kier molecular flexibility index (Phi) is 3.14. The molecule has 5 heteroatoms. The Morgan fingerprint density at radius 3 is 2.68 bits per heavy atom. The molecular weight excluding hydrogens is 263 g/mol. The van der Waals surface area contributed by atoms with Crippen molar-refractivity contribution in [2.24, 2.45) is 0 Å². The zero-order chi connectivity index (χ0) is 13.4. The molecule has 1 aromatic heterocycles. The number of rotatable bonds is 1. The monoisotopic (exact) mass is 278 g/mol. The molecule has 2 heterocycles. The number of thiophene rings is 1. The molecule has 1 aromatic carbocycles. The van der Waals surface area contributed by atoms with Crippen molar-refractivity contribution in [3.05, 3.63) is 28.9 Å². The summed E-state index contributed by atoms with van der Waals surface area (Å²) in [6.07, 6.45) is 3.23. The molecule has 0 bridgehead atoms. The summed E-state index contributed by atoms with van der Waals surface area (Å²) in [5.74, 6) is -0.415. The van der Waals surface area contributed by atoms with Gasteiger partial charge < -0.3 is 10.6 Å². The Labute approximate surface area is 114 Å². The van der Waals surface area contributed by atoms with Gasteiger partial charge in [-0.1, -0.05) is 6.07 Å². The Balaban J connectivity index is 2.03. The van der Waals surface area contributed by atoms with Gasteiger partial charge in [0.2, 0.25) is 0 Å². The van der Waals surface area contributed by atoms with E-state index in [2.05, 4.69) is 0 Å². The van der Waals surface area contributed by atoms with E-state index in [0.29, 0.717) is 10.3 Å². The highest BCUT2D eigenvalue weighted by atomic mass is 32.1. The second-order valence-electron chi connectivity index (χ2n) is 4.81. The molecule has 19 heavy (non-hydrogen) atoms. The number of anilines is 1. The van der Waals surface area contributed by atoms with E-state index in [9.17, 15) is 9.18 Å². The summed E-state index contributed by atoms with van der Waals surface area (Å²) in [4.78, 5) is 14.7. The van der Waals surface area contributed by atoms with Crippen molar-refractivity contribution in [3.63, 3.8) is 0 Å². The van der Waals surface area contributed by atoms with Crippen molar-refractivity contribution in [1.29, 1.82) is 0 Å². The first kappa shape index (κ1) is 12.4. The zero-order valence-electron chi connectivity index (χ0n) is 10.5. The molecule has 2 N–H and O–H groups in total. The van der Waals surface area contributed by atoms with Gasteiger partial charge in [-0.25, -0.2) is 4.39 Å². The van der Waals surface area contributed by atoms with Crippen LogP contribution in [0.3, 0.4) is 0 Å². The first-order valence-electron chi connectivity index (χ1n) is 6.44. The first-order valence-corrected chi connectivity index (χ1v) is 7.26. The molecule has 0 saturated carbocycles. The second-order valence-corrected chi connectivity index (χ2v) is 5.86. The van der Waals surface area contributed by atoms with Crippen LogP contribution in [0, 0.1) is 5.82 Å². The lowest BCUT2D eigenvalue weighted by molar-refractivity contribution is 0.0730. The van der Waals surface area contributed by atoms with Crippen molar-refractivity contribution >= 4 is 33.0 Å². The summed E-state index contributed by atoms with van der Waals surface area (Å²) < 4.78 is 14.5. The van der Waals surface area contributed by atoms with Crippen molar-refractivity contribution in [2.45, 2.75) is 19.3 Å². The fourth-order valence-electron chi connectivity index (χ4n) is 2.53. The fourth-order valence-corrected chi connectivity index (χ4v) is 3.63. The predicted molar refractivity (Wildman–Crippen MR) is 75.9 cm³/mol. The molecule has 1 aliphatic rings. The molecule has 1 amide bonds. The number of carbonyl (C=O) groups excluding carboxylic acids is 1. The standard InChI is InChI=1S/C14H15FN2OS/c15-9-5-4-6-10-11(9)12(16)13(19-10)14(18)17-7-2-1-3-8-17/h4-6H,1-3,7-8,16H2. The topological polar surface area (TPSA) is 46.3 Å². The number of nitrogen functional groups attached to an aromatic ring is 1. The molecule has 1 saturated heterocycles. The summed E-state index contributed by atoms with van der Waals surface area (Å²) in [5, 5.41) is 0.382. The van der Waals surface area contributed by atoms with E-state index in [-0.39, 0.29) is 17.4 Å². The van der Waals surface area contributed by atoms with Gasteiger partial charge in [0.15, 0.2) is 0 Å². The van der Waals surface area contributed by atoms with Gasteiger partial charge in [0, 0.05) is 17.8 Å². The van der Waals surface area contributed by atoms with E-state index in [1.165, 1.54) is 23.8 Å². The predicted octanol–water partition coefficient (Wildman–Crippen LogP) is 3.25. The number of hydrogen-bond donors (Lipinski definition) is 1. The van der Waals surface area contributed by atoms with E-state index < -0.39 is 0 Å². The Morgan fingerprint density at radius 2 is 2.00 bits per heavy atom. The lowest BCUT2D eigenvalue weighted by Crippen LogP contribution is -2.35. The molecule has 1 aliphatic heterocycles. The molecule has 3 nitrogen and oxygen atoms in total. The first-order chi connectivity index (χ1) is 9.18. The van der Waals surface area contributed by atoms with Gasteiger partial charge >= 0.3 is 0 Å². The van der Waals surface area contributed by atoms with Gasteiger partial charge in [0.25, 0.3) is 5.91 Å². The lowest BCUT2D eigenvalue weighted by atomic mass is 10.1. The van der Waals surface area contributed by atoms with E-state index >= 15 is 0 Å². The molecule has 0 unspecified atom stereocenters. The van der Waals surface area contributed by atoms with Gasteiger partial charge in [-0.2, -0.15) is 0 Å². The molecule has 3 rings (SSSR count). The number of carbonyl (C=O) groups is 1. The van der Waals surface area contributed by atoms with E-state index in [0.717, 1.165) is 30.6 Å². The minimum atomic E-state index is -0.357. The van der Waals surface area contributed by atoms with E-state index in [1.807, 2.05) is 4.90 Å². The maximum Gasteiger partial charge on any atom is 0.266 e. The normalized spacial score (nSPS) is 15.9. The van der Waals surface area contributed by atoms with Crippen LogP contribution in [0.1, 0.15) is 28.9 Å². The van der Waals surface area contributed by atoms with Gasteiger partial charge in [-0.3, -0.25) is 4.79 Å². The van der Waals surface area contributed by atoms with Crippen LogP contribution in [0.5, 0.6) is 0 Å². The SMILES string of the molecule is Nc1c(C(=O)N2CCCCC2)sc2cccc(F)c12. The Hall–Kier alpha value is -1.62. The maximum absolute atomic E-state index is 13.8. The third-order valence-electron chi connectivity index (χ3n) is 3.54.